The normalized spacial score (nSPS) is 22.4. The highest BCUT2D eigenvalue weighted by molar-refractivity contribution is 7.77. The van der Waals surface area contributed by atoms with Crippen molar-refractivity contribution < 1.29 is 9.47 Å². The van der Waals surface area contributed by atoms with Crippen LogP contribution in [0.4, 0.5) is 0 Å². The van der Waals surface area contributed by atoms with Crippen LogP contribution in [0.5, 0.6) is 0 Å². The first kappa shape index (κ1) is 18.2. The minimum Gasteiger partial charge on any atom is -0.492 e. The van der Waals surface area contributed by atoms with E-state index in [1.807, 2.05) is 0 Å². The van der Waals surface area contributed by atoms with E-state index in [2.05, 4.69) is 85.8 Å². The lowest BCUT2D eigenvalue weighted by molar-refractivity contribution is -0.0446. The fourth-order valence-corrected chi connectivity index (χ4v) is 5.93. The lowest BCUT2D eigenvalue weighted by Gasteiger charge is -2.29. The molecule has 1 fully saturated rings. The van der Waals surface area contributed by atoms with Gasteiger partial charge in [0.1, 0.15) is 18.5 Å². The molecule has 0 saturated carbocycles. The lowest BCUT2D eigenvalue weighted by atomic mass is 10.0. The molecule has 3 heteroatoms. The molecule has 0 N–H and O–H groups in total. The molecule has 27 heavy (non-hydrogen) atoms. The van der Waals surface area contributed by atoms with Crippen LogP contribution >= 0.6 is 7.92 Å². The first-order chi connectivity index (χ1) is 13.4. The molecule has 1 saturated heterocycles. The molecule has 1 atom stereocenters. The summed E-state index contributed by atoms with van der Waals surface area (Å²) in [5, 5.41) is 4.17. The second kappa shape index (κ2) is 8.69. The van der Waals surface area contributed by atoms with Gasteiger partial charge in [0.2, 0.25) is 0 Å². The molecule has 2 nitrogen and oxygen atoms in total. The van der Waals surface area contributed by atoms with E-state index in [1.165, 1.54) is 21.5 Å². The minimum atomic E-state index is -0.541. The van der Waals surface area contributed by atoms with Gasteiger partial charge < -0.3 is 9.47 Å². The highest BCUT2D eigenvalue weighted by Gasteiger charge is 2.24. The Bertz CT molecular complexity index is 813. The molecule has 0 aromatic heterocycles. The van der Waals surface area contributed by atoms with Crippen LogP contribution in [0, 0.1) is 0 Å². The van der Waals surface area contributed by atoms with E-state index in [1.54, 1.807) is 0 Å². The number of benzene rings is 2. The second-order valence-electron chi connectivity index (χ2n) is 6.68. The number of hydrogen-bond donors (Lipinski definition) is 0. The molecule has 0 bridgehead atoms. The van der Waals surface area contributed by atoms with Crippen molar-refractivity contribution in [1.29, 1.82) is 0 Å². The molecule has 1 unspecified atom stereocenters. The Balaban J connectivity index is 1.65. The van der Waals surface area contributed by atoms with Crippen LogP contribution in [-0.4, -0.2) is 19.3 Å². The SMILES string of the molecule is CCC1OCCOC1=C1C=CC(P(c2ccccc2)c2ccccc2)=CC1. The quantitative estimate of drug-likeness (QED) is 0.696. The maximum absolute atomic E-state index is 5.97. The summed E-state index contributed by atoms with van der Waals surface area (Å²) in [6.07, 6.45) is 8.84. The maximum atomic E-state index is 5.97. The smallest absolute Gasteiger partial charge is 0.128 e. The number of allylic oxidation sites excluding steroid dienone is 5. The van der Waals surface area contributed by atoms with E-state index in [9.17, 15) is 0 Å². The van der Waals surface area contributed by atoms with Crippen LogP contribution in [-0.2, 0) is 9.47 Å². The molecule has 1 aliphatic carbocycles. The molecule has 0 radical (unpaired) electrons. The third-order valence-electron chi connectivity index (χ3n) is 4.91. The third-order valence-corrected chi connectivity index (χ3v) is 7.39. The van der Waals surface area contributed by atoms with Gasteiger partial charge in [-0.25, -0.2) is 0 Å². The van der Waals surface area contributed by atoms with Gasteiger partial charge in [0.15, 0.2) is 0 Å². The summed E-state index contributed by atoms with van der Waals surface area (Å²) in [6.45, 7) is 3.49. The molecule has 0 amide bonds. The molecule has 2 aromatic rings. The summed E-state index contributed by atoms with van der Waals surface area (Å²) >= 11 is 0. The summed E-state index contributed by atoms with van der Waals surface area (Å²) in [5.74, 6) is 1.03. The molecular formula is C24H25O2P. The van der Waals surface area contributed by atoms with Crippen LogP contribution in [0.15, 0.2) is 95.5 Å². The van der Waals surface area contributed by atoms with Gasteiger partial charge in [-0.3, -0.25) is 0 Å². The van der Waals surface area contributed by atoms with Gasteiger partial charge in [0, 0.05) is 0 Å². The molecule has 1 heterocycles. The summed E-state index contributed by atoms with van der Waals surface area (Å²) in [5.41, 5.74) is 1.25. The minimum absolute atomic E-state index is 0.0955. The van der Waals surface area contributed by atoms with Gasteiger partial charge in [0.25, 0.3) is 0 Å². The average Bonchev–Trinajstić information content (AvgIpc) is 2.76. The van der Waals surface area contributed by atoms with Gasteiger partial charge in [-0.2, -0.15) is 0 Å². The summed E-state index contributed by atoms with van der Waals surface area (Å²) in [6, 6.07) is 21.7. The Morgan fingerprint density at radius 1 is 0.889 bits per heavy atom. The molecule has 1 aliphatic heterocycles. The van der Waals surface area contributed by atoms with Crippen molar-refractivity contribution in [1.82, 2.24) is 0 Å². The number of ether oxygens (including phenoxy) is 2. The molecular weight excluding hydrogens is 351 g/mol. The van der Waals surface area contributed by atoms with Crippen LogP contribution in [0.25, 0.3) is 0 Å². The summed E-state index contributed by atoms with van der Waals surface area (Å²) in [7, 11) is -0.541. The van der Waals surface area contributed by atoms with Gasteiger partial charge in [0.05, 0.1) is 6.61 Å². The van der Waals surface area contributed by atoms with Crippen LogP contribution in [0.1, 0.15) is 19.8 Å². The van der Waals surface area contributed by atoms with Gasteiger partial charge in [-0.05, 0) is 42.3 Å². The zero-order chi connectivity index (χ0) is 18.5. The molecule has 138 valence electrons. The number of rotatable bonds is 4. The first-order valence-corrected chi connectivity index (χ1v) is 11.0. The molecule has 2 aliphatic rings. The Hall–Kier alpha value is -2.15. The Morgan fingerprint density at radius 3 is 2.11 bits per heavy atom. The monoisotopic (exact) mass is 376 g/mol. The van der Waals surface area contributed by atoms with Crippen molar-refractivity contribution >= 4 is 18.5 Å². The Kier molecular flexibility index (Phi) is 5.87. The molecule has 2 aromatic carbocycles. The van der Waals surface area contributed by atoms with Crippen LogP contribution in [0.2, 0.25) is 0 Å². The van der Waals surface area contributed by atoms with Crippen molar-refractivity contribution in [3.63, 3.8) is 0 Å². The van der Waals surface area contributed by atoms with E-state index in [0.29, 0.717) is 13.2 Å². The lowest BCUT2D eigenvalue weighted by Crippen LogP contribution is -2.27. The largest absolute Gasteiger partial charge is 0.492 e. The third kappa shape index (κ3) is 4.08. The van der Waals surface area contributed by atoms with Crippen molar-refractivity contribution in [2.75, 3.05) is 13.2 Å². The van der Waals surface area contributed by atoms with E-state index in [0.717, 1.165) is 18.6 Å². The summed E-state index contributed by atoms with van der Waals surface area (Å²) in [4.78, 5) is 0. The van der Waals surface area contributed by atoms with Crippen LogP contribution in [0.3, 0.4) is 0 Å². The molecule has 0 spiro atoms. The van der Waals surface area contributed by atoms with Gasteiger partial charge >= 0.3 is 0 Å². The summed E-state index contributed by atoms with van der Waals surface area (Å²) < 4.78 is 11.8. The van der Waals surface area contributed by atoms with Crippen LogP contribution < -0.4 is 10.6 Å². The van der Waals surface area contributed by atoms with Crippen molar-refractivity contribution in [3.05, 3.63) is 95.5 Å². The van der Waals surface area contributed by atoms with Crippen molar-refractivity contribution in [2.24, 2.45) is 0 Å². The zero-order valence-corrected chi connectivity index (χ0v) is 16.6. The second-order valence-corrected chi connectivity index (χ2v) is 8.90. The number of hydrogen-bond acceptors (Lipinski definition) is 2. The van der Waals surface area contributed by atoms with Crippen molar-refractivity contribution in [2.45, 2.75) is 25.9 Å². The van der Waals surface area contributed by atoms with E-state index in [-0.39, 0.29) is 6.10 Å². The standard InChI is InChI=1S/C24H25O2P/c1-2-23-24(26-18-17-25-23)19-13-15-22(16-14-19)27(20-9-5-3-6-10-20)21-11-7-4-8-12-21/h3-13,15-16,23H,2,14,17-18H2,1H3. The first-order valence-electron chi connectivity index (χ1n) is 9.62. The van der Waals surface area contributed by atoms with Gasteiger partial charge in [-0.15, -0.1) is 0 Å². The maximum Gasteiger partial charge on any atom is 0.128 e. The highest BCUT2D eigenvalue weighted by atomic mass is 31.1. The fraction of sp³-hybridized carbons (Fsp3) is 0.250. The highest BCUT2D eigenvalue weighted by Crippen LogP contribution is 2.45. The topological polar surface area (TPSA) is 18.5 Å². The van der Waals surface area contributed by atoms with E-state index < -0.39 is 7.92 Å². The van der Waals surface area contributed by atoms with Crippen molar-refractivity contribution in [3.8, 4) is 0 Å². The van der Waals surface area contributed by atoms with Gasteiger partial charge in [-0.1, -0.05) is 85.8 Å². The average molecular weight is 376 g/mol. The van der Waals surface area contributed by atoms with E-state index in [4.69, 9.17) is 9.47 Å². The predicted octanol–water partition coefficient (Wildman–Crippen LogP) is 5.04. The Morgan fingerprint density at radius 2 is 1.56 bits per heavy atom. The Labute approximate surface area is 163 Å². The molecule has 4 rings (SSSR count). The predicted molar refractivity (Wildman–Crippen MR) is 114 cm³/mol. The zero-order valence-electron chi connectivity index (χ0n) is 15.7. The van der Waals surface area contributed by atoms with E-state index >= 15 is 0 Å². The fourth-order valence-electron chi connectivity index (χ4n) is 3.60.